The lowest BCUT2D eigenvalue weighted by Gasteiger charge is -2.35. The molecular weight excluding hydrogens is 412 g/mol. The number of hydrogen-bond acceptors (Lipinski definition) is 6. The molecule has 0 saturated carbocycles. The number of thiophene rings is 1. The van der Waals surface area contributed by atoms with Gasteiger partial charge in [-0.1, -0.05) is 19.9 Å². The first-order chi connectivity index (χ1) is 13.8. The second-order valence-electron chi connectivity index (χ2n) is 7.14. The molecule has 0 aromatic carbocycles. The Morgan fingerprint density at radius 2 is 2.14 bits per heavy atom. The Morgan fingerprint density at radius 3 is 2.79 bits per heavy atom. The molecule has 0 radical (unpaired) electrons. The van der Waals surface area contributed by atoms with E-state index in [-0.39, 0.29) is 25.1 Å². The van der Waals surface area contributed by atoms with Gasteiger partial charge in [0.15, 0.2) is 0 Å². The van der Waals surface area contributed by atoms with Gasteiger partial charge in [-0.05, 0) is 19.9 Å². The molecule has 0 unspecified atom stereocenters. The van der Waals surface area contributed by atoms with Gasteiger partial charge >= 0.3 is 0 Å². The SMILES string of the molecule is CCN(CC)S(=O)(=O)N1CCO[C@@H](c2c(C(=O)NC(C)C)sc3ncccc23)C1. The van der Waals surface area contributed by atoms with Crippen LogP contribution in [0.1, 0.15) is 49.0 Å². The van der Waals surface area contributed by atoms with Gasteiger partial charge in [-0.25, -0.2) is 4.98 Å². The lowest BCUT2D eigenvalue weighted by molar-refractivity contribution is -0.00361. The second kappa shape index (κ2) is 9.05. The van der Waals surface area contributed by atoms with Gasteiger partial charge in [-0.2, -0.15) is 17.0 Å². The normalized spacial score (nSPS) is 18.6. The van der Waals surface area contributed by atoms with Crippen LogP contribution in [0.15, 0.2) is 18.3 Å². The van der Waals surface area contributed by atoms with Crippen LogP contribution in [0.25, 0.3) is 10.2 Å². The zero-order valence-electron chi connectivity index (χ0n) is 17.2. The minimum absolute atomic E-state index is 0.0136. The highest BCUT2D eigenvalue weighted by Gasteiger charge is 2.36. The maximum absolute atomic E-state index is 13.0. The molecule has 1 aliphatic rings. The number of pyridine rings is 1. The van der Waals surface area contributed by atoms with E-state index in [2.05, 4.69) is 10.3 Å². The molecule has 10 heteroatoms. The standard InChI is InChI=1S/C19H28N4O4S2/c1-5-22(6-2)29(25,26)23-10-11-27-15(12-23)16-14-8-7-9-20-19(14)28-17(16)18(24)21-13(3)4/h7-9,13,15H,5-6,10-12H2,1-4H3,(H,21,24)/t15-/m1/s1. The largest absolute Gasteiger partial charge is 0.371 e. The van der Waals surface area contributed by atoms with Crippen molar-refractivity contribution in [3.05, 3.63) is 28.8 Å². The molecule has 2 aromatic heterocycles. The zero-order chi connectivity index (χ0) is 21.2. The summed E-state index contributed by atoms with van der Waals surface area (Å²) in [5.41, 5.74) is 0.718. The molecule has 0 spiro atoms. The predicted molar refractivity (Wildman–Crippen MR) is 114 cm³/mol. The van der Waals surface area contributed by atoms with Crippen molar-refractivity contribution in [2.24, 2.45) is 0 Å². The van der Waals surface area contributed by atoms with Gasteiger partial charge in [0.25, 0.3) is 16.1 Å². The summed E-state index contributed by atoms with van der Waals surface area (Å²) < 4.78 is 34.9. The molecule has 1 fully saturated rings. The fourth-order valence-electron chi connectivity index (χ4n) is 3.49. The van der Waals surface area contributed by atoms with Crippen molar-refractivity contribution in [1.29, 1.82) is 0 Å². The van der Waals surface area contributed by atoms with Crippen LogP contribution in [0.5, 0.6) is 0 Å². The van der Waals surface area contributed by atoms with E-state index in [9.17, 15) is 13.2 Å². The molecule has 1 amide bonds. The van der Waals surface area contributed by atoms with Crippen molar-refractivity contribution >= 4 is 37.7 Å². The van der Waals surface area contributed by atoms with Crippen molar-refractivity contribution < 1.29 is 17.9 Å². The number of carbonyl (C=O) groups excluding carboxylic acids is 1. The van der Waals surface area contributed by atoms with Gasteiger partial charge in [-0.15, -0.1) is 11.3 Å². The van der Waals surface area contributed by atoms with Crippen LogP contribution in [0.4, 0.5) is 0 Å². The molecule has 1 N–H and O–H groups in total. The van der Waals surface area contributed by atoms with Crippen LogP contribution in [0.2, 0.25) is 0 Å². The third-order valence-corrected chi connectivity index (χ3v) is 8.12. The highest BCUT2D eigenvalue weighted by atomic mass is 32.2. The Balaban J connectivity index is 2.00. The van der Waals surface area contributed by atoms with Gasteiger partial charge in [0.05, 0.1) is 12.7 Å². The van der Waals surface area contributed by atoms with Crippen LogP contribution in [0, 0.1) is 0 Å². The minimum Gasteiger partial charge on any atom is -0.371 e. The number of aromatic nitrogens is 1. The molecule has 1 saturated heterocycles. The number of amides is 1. The van der Waals surface area contributed by atoms with E-state index in [4.69, 9.17) is 4.74 Å². The maximum atomic E-state index is 13.0. The zero-order valence-corrected chi connectivity index (χ0v) is 18.8. The Hall–Kier alpha value is -1.59. The van der Waals surface area contributed by atoms with Crippen molar-refractivity contribution in [2.75, 3.05) is 32.8 Å². The summed E-state index contributed by atoms with van der Waals surface area (Å²) in [7, 11) is -3.58. The minimum atomic E-state index is -3.58. The van der Waals surface area contributed by atoms with Crippen LogP contribution in [-0.2, 0) is 14.9 Å². The number of rotatable bonds is 7. The molecule has 3 rings (SSSR count). The van der Waals surface area contributed by atoms with E-state index < -0.39 is 16.3 Å². The smallest absolute Gasteiger partial charge is 0.282 e. The monoisotopic (exact) mass is 440 g/mol. The van der Waals surface area contributed by atoms with Gasteiger partial charge in [0.1, 0.15) is 9.71 Å². The molecule has 8 nitrogen and oxygen atoms in total. The van der Waals surface area contributed by atoms with Crippen molar-refractivity contribution in [2.45, 2.75) is 39.8 Å². The summed E-state index contributed by atoms with van der Waals surface area (Å²) >= 11 is 1.31. The third-order valence-electron chi connectivity index (χ3n) is 4.84. The summed E-state index contributed by atoms with van der Waals surface area (Å²) in [5, 5.41) is 3.76. The first-order valence-corrected chi connectivity index (χ1v) is 12.1. The van der Waals surface area contributed by atoms with Gasteiger partial charge in [-0.3, -0.25) is 4.79 Å². The maximum Gasteiger partial charge on any atom is 0.282 e. The Bertz CT molecular complexity index is 970. The van der Waals surface area contributed by atoms with E-state index in [1.807, 2.05) is 39.8 Å². The number of carbonyl (C=O) groups is 1. The average Bonchev–Trinajstić information content (AvgIpc) is 3.08. The first-order valence-electron chi connectivity index (χ1n) is 9.84. The average molecular weight is 441 g/mol. The van der Waals surface area contributed by atoms with Crippen molar-refractivity contribution in [3.63, 3.8) is 0 Å². The summed E-state index contributed by atoms with van der Waals surface area (Å²) in [5.74, 6) is -0.190. The van der Waals surface area contributed by atoms with E-state index >= 15 is 0 Å². The summed E-state index contributed by atoms with van der Waals surface area (Å²) in [6.45, 7) is 9.01. The van der Waals surface area contributed by atoms with Crippen molar-refractivity contribution in [1.82, 2.24) is 18.9 Å². The molecule has 1 aliphatic heterocycles. The fourth-order valence-corrected chi connectivity index (χ4v) is 6.20. The van der Waals surface area contributed by atoms with E-state index in [1.165, 1.54) is 19.9 Å². The van der Waals surface area contributed by atoms with Crippen LogP contribution < -0.4 is 5.32 Å². The number of morpholine rings is 1. The second-order valence-corrected chi connectivity index (χ2v) is 10.1. The molecule has 1 atom stereocenters. The quantitative estimate of drug-likeness (QED) is 0.714. The fraction of sp³-hybridized carbons (Fsp3) is 0.579. The Morgan fingerprint density at radius 1 is 1.41 bits per heavy atom. The molecule has 0 aliphatic carbocycles. The Labute approximate surface area is 176 Å². The van der Waals surface area contributed by atoms with Crippen LogP contribution >= 0.6 is 11.3 Å². The molecule has 2 aromatic rings. The van der Waals surface area contributed by atoms with Gasteiger partial charge in [0, 0.05) is 49.4 Å². The molecule has 0 bridgehead atoms. The highest BCUT2D eigenvalue weighted by Crippen LogP contribution is 2.37. The van der Waals surface area contributed by atoms with E-state index in [1.54, 1.807) is 6.20 Å². The number of fused-ring (bicyclic) bond motifs is 1. The van der Waals surface area contributed by atoms with E-state index in [0.717, 1.165) is 15.8 Å². The van der Waals surface area contributed by atoms with Crippen LogP contribution in [-0.4, -0.2) is 66.7 Å². The summed E-state index contributed by atoms with van der Waals surface area (Å²) in [6.07, 6.45) is 1.16. The molecule has 160 valence electrons. The van der Waals surface area contributed by atoms with Gasteiger partial charge in [0.2, 0.25) is 0 Å². The van der Waals surface area contributed by atoms with E-state index in [0.29, 0.717) is 24.5 Å². The predicted octanol–water partition coefficient (Wildman–Crippen LogP) is 2.39. The van der Waals surface area contributed by atoms with Gasteiger partial charge < -0.3 is 10.1 Å². The highest BCUT2D eigenvalue weighted by molar-refractivity contribution is 7.86. The third kappa shape index (κ3) is 4.46. The van der Waals surface area contributed by atoms with Crippen molar-refractivity contribution in [3.8, 4) is 0 Å². The number of ether oxygens (including phenoxy) is 1. The number of nitrogens with zero attached hydrogens (tertiary/aromatic N) is 3. The Kier molecular flexibility index (Phi) is 6.90. The summed E-state index contributed by atoms with van der Waals surface area (Å²) in [6, 6.07) is 3.71. The molecule has 3 heterocycles. The number of hydrogen-bond donors (Lipinski definition) is 1. The van der Waals surface area contributed by atoms with Crippen LogP contribution in [0.3, 0.4) is 0 Å². The lowest BCUT2D eigenvalue weighted by atomic mass is 10.0. The number of nitrogens with one attached hydrogen (secondary N) is 1. The first kappa shape index (κ1) is 22.1. The molecule has 29 heavy (non-hydrogen) atoms. The summed E-state index contributed by atoms with van der Waals surface area (Å²) in [4.78, 5) is 18.5. The lowest BCUT2D eigenvalue weighted by Crippen LogP contribution is -2.49. The molecular formula is C19H28N4O4S2. The topological polar surface area (TPSA) is 91.8 Å².